The van der Waals surface area contributed by atoms with Crippen molar-refractivity contribution in [2.24, 2.45) is 0 Å². The predicted octanol–water partition coefficient (Wildman–Crippen LogP) is -1.29. The van der Waals surface area contributed by atoms with Gasteiger partial charge in [0.2, 0.25) is 0 Å². The van der Waals surface area contributed by atoms with Gasteiger partial charge < -0.3 is 17.0 Å². The zero-order valence-corrected chi connectivity index (χ0v) is 10.8. The molecule has 0 unspecified atom stereocenters. The molecule has 0 atom stereocenters. The van der Waals surface area contributed by atoms with Gasteiger partial charge in [-0.3, -0.25) is 0 Å². The molecule has 0 radical (unpaired) electrons. The van der Waals surface area contributed by atoms with E-state index in [0.717, 1.165) is 11.8 Å². The van der Waals surface area contributed by atoms with E-state index in [0.29, 0.717) is 0 Å². The van der Waals surface area contributed by atoms with Crippen LogP contribution in [-0.2, 0) is 29.6 Å². The summed E-state index contributed by atoms with van der Waals surface area (Å²) in [6.45, 7) is 0.765. The van der Waals surface area contributed by atoms with Crippen LogP contribution in [-0.4, -0.2) is 5.20 Å². The molecule has 0 fully saturated rings. The average molecular weight is 266 g/mol. The summed E-state index contributed by atoms with van der Waals surface area (Å²) in [5.74, 6) is 0. The monoisotopic (exact) mass is 264 g/mol. The second-order valence-corrected chi connectivity index (χ2v) is 2.89. The van der Waals surface area contributed by atoms with Gasteiger partial charge in [0.15, 0.2) is 0 Å². The van der Waals surface area contributed by atoms with Crippen molar-refractivity contribution in [2.45, 2.75) is 6.61 Å². The molecule has 0 aromatic heterocycles. The maximum atomic E-state index is 5.28. The first kappa shape index (κ1) is 11.3. The number of ether oxygens (including phenoxy) is 1. The van der Waals surface area contributed by atoms with Crippen LogP contribution in [0.4, 0.5) is 0 Å². The molecule has 1 nitrogen and oxygen atoms in total. The van der Waals surface area contributed by atoms with Gasteiger partial charge in [-0.2, -0.15) is 0 Å². The first-order valence-electron chi connectivity index (χ1n) is 3.34. The Balaban J connectivity index is 0.000001000. The van der Waals surface area contributed by atoms with E-state index in [9.17, 15) is 0 Å². The van der Waals surface area contributed by atoms with Gasteiger partial charge in [-0.15, -0.1) is 0 Å². The Labute approximate surface area is 87.6 Å². The molecule has 0 aliphatic heterocycles. The third kappa shape index (κ3) is 4.68. The van der Waals surface area contributed by atoms with Crippen LogP contribution in [0.2, 0.25) is 0 Å². The zero-order valence-electron chi connectivity index (χ0n) is 6.29. The fraction of sp³-hybridized carbons (Fsp3) is 0.250. The van der Waals surface area contributed by atoms with Crippen LogP contribution in [0.3, 0.4) is 0 Å². The van der Waals surface area contributed by atoms with Gasteiger partial charge in [0, 0.05) is 0 Å². The molecule has 56 valence electrons. The average Bonchev–Trinajstić information content (AvgIpc) is 2.03. The number of hydrogen-bond donors (Lipinski definition) is 0. The van der Waals surface area contributed by atoms with E-state index in [-0.39, 0.29) is 17.0 Å². The zero-order chi connectivity index (χ0) is 7.23. The Morgan fingerprint density at radius 3 is 2.36 bits per heavy atom. The van der Waals surface area contributed by atoms with Crippen LogP contribution in [0.15, 0.2) is 30.3 Å². The molecular formula is C8H9BrOZn. The van der Waals surface area contributed by atoms with Crippen molar-refractivity contribution in [3.05, 3.63) is 35.9 Å². The van der Waals surface area contributed by atoms with Crippen LogP contribution in [0, 0.1) is 0 Å². The van der Waals surface area contributed by atoms with Crippen molar-refractivity contribution >= 4 is 0 Å². The summed E-state index contributed by atoms with van der Waals surface area (Å²) in [7, 11) is 0. The van der Waals surface area contributed by atoms with E-state index < -0.39 is 0 Å². The molecule has 11 heavy (non-hydrogen) atoms. The summed E-state index contributed by atoms with van der Waals surface area (Å²) in [5.41, 5.74) is 1.26. The number of rotatable bonds is 3. The van der Waals surface area contributed by atoms with E-state index >= 15 is 0 Å². The first-order valence-corrected chi connectivity index (χ1v) is 5.44. The molecule has 1 aromatic carbocycles. The molecule has 1 aromatic rings. The fourth-order valence-electron chi connectivity index (χ4n) is 0.764. The molecule has 0 amide bonds. The van der Waals surface area contributed by atoms with Crippen LogP contribution in [0.25, 0.3) is 0 Å². The summed E-state index contributed by atoms with van der Waals surface area (Å²) in [6.07, 6.45) is 0. The molecule has 0 saturated carbocycles. The fourth-order valence-corrected chi connectivity index (χ4v) is 1.07. The van der Waals surface area contributed by atoms with E-state index in [2.05, 4.69) is 12.1 Å². The minimum absolute atomic E-state index is 0. The normalized spacial score (nSPS) is 8.91. The molecule has 3 heteroatoms. The predicted molar refractivity (Wildman–Crippen MR) is 36.1 cm³/mol. The minimum atomic E-state index is 0. The summed E-state index contributed by atoms with van der Waals surface area (Å²) in [6, 6.07) is 10.2. The number of hydrogen-bond acceptors (Lipinski definition) is 1. The van der Waals surface area contributed by atoms with Crippen molar-refractivity contribution < 1.29 is 40.0 Å². The molecule has 0 aliphatic carbocycles. The van der Waals surface area contributed by atoms with Crippen LogP contribution in [0.5, 0.6) is 0 Å². The molecule has 1 rings (SSSR count). The SMILES string of the molecule is [Br-].[Zn+][CH2]OCc1ccccc1. The molecule has 0 N–H and O–H groups in total. The molecule has 0 spiro atoms. The van der Waals surface area contributed by atoms with E-state index in [4.69, 9.17) is 4.74 Å². The second kappa shape index (κ2) is 6.96. The van der Waals surface area contributed by atoms with Crippen LogP contribution in [0.1, 0.15) is 5.56 Å². The maximum absolute atomic E-state index is 5.28. The Morgan fingerprint density at radius 2 is 1.82 bits per heavy atom. The standard InChI is InChI=1S/C8H9O.BrH.Zn/c1-9-7-8-5-3-2-4-6-8;;/h2-6H,1,7H2;1H;/q;;+1/p-1. The summed E-state index contributed by atoms with van der Waals surface area (Å²) < 4.78 is 5.28. The third-order valence-corrected chi connectivity index (χ3v) is 1.86. The molecule has 0 saturated heterocycles. The van der Waals surface area contributed by atoms with Crippen molar-refractivity contribution in [1.29, 1.82) is 0 Å². The van der Waals surface area contributed by atoms with Gasteiger partial charge in [0.05, 0.1) is 0 Å². The summed E-state index contributed by atoms with van der Waals surface area (Å²) >= 11 is 1.22. The number of halogens is 1. The van der Waals surface area contributed by atoms with Crippen LogP contribution >= 0.6 is 0 Å². The summed E-state index contributed by atoms with van der Waals surface area (Å²) in [4.78, 5) is 0. The molecule has 0 heterocycles. The Kier molecular flexibility index (Phi) is 7.14. The Hall–Kier alpha value is 0.283. The van der Waals surface area contributed by atoms with Gasteiger partial charge in [0.25, 0.3) is 0 Å². The van der Waals surface area contributed by atoms with Crippen LogP contribution < -0.4 is 17.0 Å². The van der Waals surface area contributed by atoms with Gasteiger partial charge in [-0.05, 0) is 0 Å². The molecular weight excluding hydrogens is 257 g/mol. The van der Waals surface area contributed by atoms with E-state index in [1.165, 1.54) is 23.9 Å². The van der Waals surface area contributed by atoms with Crippen molar-refractivity contribution in [2.75, 3.05) is 5.20 Å². The van der Waals surface area contributed by atoms with Gasteiger partial charge in [0.1, 0.15) is 0 Å². The van der Waals surface area contributed by atoms with Gasteiger partial charge in [-0.25, -0.2) is 0 Å². The van der Waals surface area contributed by atoms with Crippen molar-refractivity contribution in [3.8, 4) is 0 Å². The first-order chi connectivity index (χ1) is 4.93. The number of benzene rings is 1. The van der Waals surface area contributed by atoms with E-state index in [1.54, 1.807) is 0 Å². The van der Waals surface area contributed by atoms with Gasteiger partial charge in [-0.1, -0.05) is 0 Å². The topological polar surface area (TPSA) is 9.23 Å². The molecule has 0 bridgehead atoms. The summed E-state index contributed by atoms with van der Waals surface area (Å²) in [5, 5.41) is 0.912. The third-order valence-electron chi connectivity index (χ3n) is 1.26. The Morgan fingerprint density at radius 1 is 1.18 bits per heavy atom. The second-order valence-electron chi connectivity index (χ2n) is 2.04. The van der Waals surface area contributed by atoms with E-state index in [1.807, 2.05) is 18.2 Å². The Bertz CT molecular complexity index is 179. The van der Waals surface area contributed by atoms with Crippen molar-refractivity contribution in [3.63, 3.8) is 0 Å². The quantitative estimate of drug-likeness (QED) is 0.619. The van der Waals surface area contributed by atoms with Crippen molar-refractivity contribution in [1.82, 2.24) is 0 Å². The van der Waals surface area contributed by atoms with Gasteiger partial charge >= 0.3 is 70.7 Å². The molecule has 0 aliphatic rings.